The van der Waals surface area contributed by atoms with Gasteiger partial charge in [-0.1, -0.05) is 48.5 Å². The maximum atomic E-state index is 13.9. The van der Waals surface area contributed by atoms with E-state index < -0.39 is 11.8 Å². The van der Waals surface area contributed by atoms with Crippen molar-refractivity contribution < 1.29 is 14.3 Å². The van der Waals surface area contributed by atoms with Gasteiger partial charge in [0, 0.05) is 17.1 Å². The highest BCUT2D eigenvalue weighted by Crippen LogP contribution is 2.35. The van der Waals surface area contributed by atoms with E-state index in [2.05, 4.69) is 4.90 Å². The monoisotopic (exact) mass is 383 g/mol. The van der Waals surface area contributed by atoms with Crippen molar-refractivity contribution in [2.24, 2.45) is 0 Å². The zero-order chi connectivity index (χ0) is 20.2. The Morgan fingerprint density at radius 2 is 1.17 bits per heavy atom. The van der Waals surface area contributed by atoms with E-state index in [0.29, 0.717) is 5.56 Å². The molecule has 4 rings (SSSR count). The fourth-order valence-corrected chi connectivity index (χ4v) is 3.28. The number of hydrogen-bond acceptors (Lipinski definition) is 2. The van der Waals surface area contributed by atoms with Crippen LogP contribution >= 0.6 is 0 Å². The van der Waals surface area contributed by atoms with Crippen LogP contribution in [0.1, 0.15) is 10.4 Å². The molecule has 0 aliphatic carbocycles. The second-order valence-corrected chi connectivity index (χ2v) is 6.59. The molecule has 4 aromatic carbocycles. The summed E-state index contributed by atoms with van der Waals surface area (Å²) < 4.78 is 13.9. The van der Waals surface area contributed by atoms with Gasteiger partial charge >= 0.3 is 5.97 Å². The Morgan fingerprint density at radius 3 is 1.69 bits per heavy atom. The van der Waals surface area contributed by atoms with Gasteiger partial charge in [-0.3, -0.25) is 0 Å². The van der Waals surface area contributed by atoms with E-state index in [-0.39, 0.29) is 5.56 Å². The lowest BCUT2D eigenvalue weighted by molar-refractivity contribution is 0.0696. The molecule has 0 radical (unpaired) electrons. The molecule has 0 heterocycles. The Kier molecular flexibility index (Phi) is 5.08. The smallest absolute Gasteiger partial charge is 0.335 e. The SMILES string of the molecule is O=C(O)c1cc(F)cc(-c2ccc(N(c3ccccc3)c3ccccc3)cc2)c1. The molecule has 0 bridgehead atoms. The summed E-state index contributed by atoms with van der Waals surface area (Å²) in [5.74, 6) is -1.72. The van der Waals surface area contributed by atoms with Crippen LogP contribution in [0.5, 0.6) is 0 Å². The zero-order valence-electron chi connectivity index (χ0n) is 15.5. The van der Waals surface area contributed by atoms with Crippen molar-refractivity contribution in [2.45, 2.75) is 0 Å². The lowest BCUT2D eigenvalue weighted by atomic mass is 10.0. The minimum absolute atomic E-state index is 0.0701. The maximum absolute atomic E-state index is 13.9. The molecule has 0 saturated heterocycles. The van der Waals surface area contributed by atoms with Crippen LogP contribution in [0.15, 0.2) is 103 Å². The number of para-hydroxylation sites is 2. The second-order valence-electron chi connectivity index (χ2n) is 6.59. The molecule has 0 aliphatic heterocycles. The van der Waals surface area contributed by atoms with E-state index in [1.165, 1.54) is 12.1 Å². The molecule has 0 atom stereocenters. The molecule has 1 N–H and O–H groups in total. The quantitative estimate of drug-likeness (QED) is 0.419. The number of halogens is 1. The van der Waals surface area contributed by atoms with E-state index in [9.17, 15) is 14.3 Å². The molecule has 29 heavy (non-hydrogen) atoms. The Balaban J connectivity index is 1.75. The van der Waals surface area contributed by atoms with Crippen LogP contribution in [-0.4, -0.2) is 11.1 Å². The largest absolute Gasteiger partial charge is 0.478 e. The minimum Gasteiger partial charge on any atom is -0.478 e. The fourth-order valence-electron chi connectivity index (χ4n) is 3.28. The molecular formula is C25H18FNO2. The Labute approximate surface area is 168 Å². The van der Waals surface area contributed by atoms with Gasteiger partial charge in [0.25, 0.3) is 0 Å². The Morgan fingerprint density at radius 1 is 0.655 bits per heavy atom. The van der Waals surface area contributed by atoms with Crippen molar-refractivity contribution in [1.82, 2.24) is 0 Å². The van der Waals surface area contributed by atoms with Gasteiger partial charge in [0.1, 0.15) is 5.82 Å². The van der Waals surface area contributed by atoms with Crippen molar-refractivity contribution in [1.29, 1.82) is 0 Å². The number of aromatic carboxylic acids is 1. The highest BCUT2D eigenvalue weighted by Gasteiger charge is 2.13. The van der Waals surface area contributed by atoms with E-state index in [0.717, 1.165) is 28.7 Å². The van der Waals surface area contributed by atoms with Crippen LogP contribution < -0.4 is 4.90 Å². The first-order chi connectivity index (χ1) is 14.1. The fraction of sp³-hybridized carbons (Fsp3) is 0. The number of benzene rings is 4. The van der Waals surface area contributed by atoms with E-state index in [4.69, 9.17) is 0 Å². The normalized spacial score (nSPS) is 10.5. The van der Waals surface area contributed by atoms with Gasteiger partial charge in [-0.2, -0.15) is 0 Å². The van der Waals surface area contributed by atoms with Crippen LogP contribution in [-0.2, 0) is 0 Å². The molecule has 0 spiro atoms. The third-order valence-electron chi connectivity index (χ3n) is 4.63. The van der Waals surface area contributed by atoms with Crippen LogP contribution in [0.4, 0.5) is 21.5 Å². The molecule has 0 aliphatic rings. The Bertz CT molecular complexity index is 1090. The number of carboxylic acids is 1. The standard InChI is InChI=1S/C25H18FNO2/c26-21-16-19(15-20(17-21)25(28)29)18-11-13-24(14-12-18)27(22-7-3-1-4-8-22)23-9-5-2-6-10-23/h1-17H,(H,28,29). The zero-order valence-corrected chi connectivity index (χ0v) is 15.5. The maximum Gasteiger partial charge on any atom is 0.335 e. The van der Waals surface area contributed by atoms with Crippen LogP contribution in [0.2, 0.25) is 0 Å². The molecule has 0 amide bonds. The van der Waals surface area contributed by atoms with Gasteiger partial charge in [0.05, 0.1) is 5.56 Å². The lowest BCUT2D eigenvalue weighted by Gasteiger charge is -2.25. The van der Waals surface area contributed by atoms with Gasteiger partial charge in [-0.15, -0.1) is 0 Å². The van der Waals surface area contributed by atoms with Crippen molar-refractivity contribution in [2.75, 3.05) is 4.90 Å². The summed E-state index contributed by atoms with van der Waals surface area (Å²) in [6.07, 6.45) is 0. The van der Waals surface area contributed by atoms with Crippen LogP contribution in [0, 0.1) is 5.82 Å². The molecule has 142 valence electrons. The first kappa shape index (κ1) is 18.4. The van der Waals surface area contributed by atoms with E-state index in [1.54, 1.807) is 0 Å². The average molecular weight is 383 g/mol. The van der Waals surface area contributed by atoms with Crippen molar-refractivity contribution >= 4 is 23.0 Å². The van der Waals surface area contributed by atoms with E-state index in [1.807, 2.05) is 84.9 Å². The molecule has 4 heteroatoms. The van der Waals surface area contributed by atoms with Crippen molar-refractivity contribution in [3.05, 3.63) is 115 Å². The average Bonchev–Trinajstić information content (AvgIpc) is 2.75. The summed E-state index contributed by atoms with van der Waals surface area (Å²) in [6, 6.07) is 31.5. The molecule has 4 aromatic rings. The number of hydrogen-bond donors (Lipinski definition) is 1. The molecular weight excluding hydrogens is 365 g/mol. The minimum atomic E-state index is -1.15. The summed E-state index contributed by atoms with van der Waals surface area (Å²) >= 11 is 0. The summed E-state index contributed by atoms with van der Waals surface area (Å²) in [5.41, 5.74) is 4.19. The van der Waals surface area contributed by atoms with Crippen molar-refractivity contribution in [3.8, 4) is 11.1 Å². The molecule has 3 nitrogen and oxygen atoms in total. The summed E-state index contributed by atoms with van der Waals surface area (Å²) in [5, 5.41) is 9.18. The lowest BCUT2D eigenvalue weighted by Crippen LogP contribution is -2.09. The number of nitrogens with zero attached hydrogens (tertiary/aromatic N) is 1. The number of carbonyl (C=O) groups is 1. The van der Waals surface area contributed by atoms with Gasteiger partial charge in [-0.25, -0.2) is 9.18 Å². The van der Waals surface area contributed by atoms with Gasteiger partial charge < -0.3 is 10.0 Å². The Hall–Kier alpha value is -3.92. The van der Waals surface area contributed by atoms with Crippen LogP contribution in [0.25, 0.3) is 11.1 Å². The molecule has 0 aromatic heterocycles. The first-order valence-corrected chi connectivity index (χ1v) is 9.16. The molecule has 0 fully saturated rings. The van der Waals surface area contributed by atoms with Gasteiger partial charge in [-0.05, 0) is 65.7 Å². The van der Waals surface area contributed by atoms with Crippen molar-refractivity contribution in [3.63, 3.8) is 0 Å². The number of carboxylic acid groups (broad SMARTS) is 1. The summed E-state index contributed by atoms with van der Waals surface area (Å²) in [7, 11) is 0. The number of rotatable bonds is 5. The second kappa shape index (κ2) is 7.98. The van der Waals surface area contributed by atoms with Gasteiger partial charge in [0.15, 0.2) is 0 Å². The molecule has 0 unspecified atom stereocenters. The predicted octanol–water partition coefficient (Wildman–Crippen LogP) is 6.66. The van der Waals surface area contributed by atoms with Gasteiger partial charge in [0.2, 0.25) is 0 Å². The molecule has 0 saturated carbocycles. The third-order valence-corrected chi connectivity index (χ3v) is 4.63. The highest BCUT2D eigenvalue weighted by atomic mass is 19.1. The number of anilines is 3. The first-order valence-electron chi connectivity index (χ1n) is 9.16. The van der Waals surface area contributed by atoms with E-state index >= 15 is 0 Å². The highest BCUT2D eigenvalue weighted by molar-refractivity contribution is 5.89. The topological polar surface area (TPSA) is 40.5 Å². The predicted molar refractivity (Wildman–Crippen MR) is 113 cm³/mol. The summed E-state index contributed by atoms with van der Waals surface area (Å²) in [6.45, 7) is 0. The summed E-state index contributed by atoms with van der Waals surface area (Å²) in [4.78, 5) is 13.3. The third kappa shape index (κ3) is 4.01. The van der Waals surface area contributed by atoms with Crippen LogP contribution in [0.3, 0.4) is 0 Å².